The molecule has 0 aromatic heterocycles. The Morgan fingerprint density at radius 3 is 2.52 bits per heavy atom. The molecule has 6 heteroatoms. The first-order chi connectivity index (χ1) is 11.9. The van der Waals surface area contributed by atoms with Crippen molar-refractivity contribution < 1.29 is 14.0 Å². The molecule has 0 saturated carbocycles. The monoisotopic (exact) mass is 360 g/mol. The van der Waals surface area contributed by atoms with Crippen molar-refractivity contribution in [2.45, 2.75) is 19.9 Å². The number of carbonyl (C=O) groups excluding carboxylic acids is 2. The van der Waals surface area contributed by atoms with Crippen LogP contribution in [0.25, 0.3) is 0 Å². The first-order valence-corrected chi connectivity index (χ1v) is 8.40. The second-order valence-electron chi connectivity index (χ2n) is 6.10. The van der Waals surface area contributed by atoms with Gasteiger partial charge in [0.1, 0.15) is 11.9 Å². The van der Waals surface area contributed by atoms with Gasteiger partial charge in [-0.2, -0.15) is 0 Å². The summed E-state index contributed by atoms with van der Waals surface area (Å²) in [6.07, 6.45) is 0. The van der Waals surface area contributed by atoms with E-state index < -0.39 is 11.9 Å². The van der Waals surface area contributed by atoms with E-state index in [1.807, 2.05) is 13.0 Å². The maximum atomic E-state index is 13.0. The van der Waals surface area contributed by atoms with Crippen LogP contribution in [-0.2, 0) is 4.79 Å². The fourth-order valence-electron chi connectivity index (χ4n) is 3.02. The van der Waals surface area contributed by atoms with Crippen LogP contribution in [0.1, 0.15) is 22.8 Å². The maximum absolute atomic E-state index is 13.0. The number of nitrogens with zero attached hydrogens (tertiary/aromatic N) is 2. The molecule has 0 aliphatic carbocycles. The summed E-state index contributed by atoms with van der Waals surface area (Å²) in [6, 6.07) is 10.2. The zero-order valence-electron chi connectivity index (χ0n) is 14.0. The number of amides is 2. The molecule has 1 saturated heterocycles. The van der Waals surface area contributed by atoms with E-state index in [9.17, 15) is 14.0 Å². The Labute approximate surface area is 150 Å². The van der Waals surface area contributed by atoms with Crippen molar-refractivity contribution in [1.82, 2.24) is 4.90 Å². The van der Waals surface area contributed by atoms with E-state index in [4.69, 9.17) is 11.6 Å². The van der Waals surface area contributed by atoms with Crippen LogP contribution < -0.4 is 4.90 Å². The van der Waals surface area contributed by atoms with Crippen LogP contribution in [0.4, 0.5) is 10.1 Å². The predicted molar refractivity (Wildman–Crippen MR) is 95.4 cm³/mol. The smallest absolute Gasteiger partial charge is 0.254 e. The van der Waals surface area contributed by atoms with Gasteiger partial charge in [0, 0.05) is 29.4 Å². The lowest BCUT2D eigenvalue weighted by Gasteiger charge is -2.39. The van der Waals surface area contributed by atoms with E-state index >= 15 is 0 Å². The molecule has 0 unspecified atom stereocenters. The lowest BCUT2D eigenvalue weighted by Crippen LogP contribution is -2.57. The molecule has 4 nitrogen and oxygen atoms in total. The van der Waals surface area contributed by atoms with Gasteiger partial charge in [0.2, 0.25) is 5.91 Å². The molecule has 2 amide bonds. The minimum Gasteiger partial charge on any atom is -0.325 e. The summed E-state index contributed by atoms with van der Waals surface area (Å²) < 4.78 is 13.0. The zero-order chi connectivity index (χ0) is 18.1. The molecule has 3 rings (SSSR count). The number of carbonyl (C=O) groups is 2. The van der Waals surface area contributed by atoms with Gasteiger partial charge in [-0.1, -0.05) is 17.7 Å². The van der Waals surface area contributed by atoms with Crippen LogP contribution in [0.5, 0.6) is 0 Å². The molecule has 2 aromatic carbocycles. The highest BCUT2D eigenvalue weighted by atomic mass is 35.5. The van der Waals surface area contributed by atoms with Gasteiger partial charge in [0.05, 0.1) is 0 Å². The Morgan fingerprint density at radius 1 is 1.16 bits per heavy atom. The third-order valence-corrected chi connectivity index (χ3v) is 4.70. The van der Waals surface area contributed by atoms with Crippen LogP contribution in [0.2, 0.25) is 5.02 Å². The van der Waals surface area contributed by atoms with Gasteiger partial charge in [0.25, 0.3) is 5.91 Å². The van der Waals surface area contributed by atoms with Gasteiger partial charge >= 0.3 is 0 Å². The van der Waals surface area contributed by atoms with Crippen molar-refractivity contribution in [1.29, 1.82) is 0 Å². The van der Waals surface area contributed by atoms with Crippen LogP contribution >= 0.6 is 11.6 Å². The standard InChI is InChI=1S/C19H18ClFN2O2/c1-12-3-6-15(20)11-17(12)23-10-9-22(13(2)18(23)24)19(25)14-4-7-16(21)8-5-14/h3-8,11,13H,9-10H2,1-2H3/t13-/m1/s1. The summed E-state index contributed by atoms with van der Waals surface area (Å²) in [7, 11) is 0. The molecule has 2 aromatic rings. The molecule has 0 radical (unpaired) electrons. The average Bonchev–Trinajstić information content (AvgIpc) is 2.60. The summed E-state index contributed by atoms with van der Waals surface area (Å²) in [6.45, 7) is 4.40. The van der Waals surface area contributed by atoms with Crippen LogP contribution in [0, 0.1) is 12.7 Å². The number of piperazine rings is 1. The number of halogens is 2. The second kappa shape index (κ2) is 6.84. The molecule has 130 valence electrons. The quantitative estimate of drug-likeness (QED) is 0.820. The van der Waals surface area contributed by atoms with Crippen molar-refractivity contribution in [2.24, 2.45) is 0 Å². The van der Waals surface area contributed by atoms with Crippen molar-refractivity contribution in [3.05, 3.63) is 64.4 Å². The minimum absolute atomic E-state index is 0.160. The Balaban J connectivity index is 1.83. The molecule has 25 heavy (non-hydrogen) atoms. The first-order valence-electron chi connectivity index (χ1n) is 8.02. The number of rotatable bonds is 2. The van der Waals surface area contributed by atoms with Gasteiger partial charge in [0.15, 0.2) is 0 Å². The number of anilines is 1. The van der Waals surface area contributed by atoms with Gasteiger partial charge in [-0.05, 0) is 55.8 Å². The third kappa shape index (κ3) is 3.37. The summed E-state index contributed by atoms with van der Waals surface area (Å²) in [5.74, 6) is -0.836. The van der Waals surface area contributed by atoms with E-state index in [0.29, 0.717) is 23.7 Å². The number of hydrogen-bond donors (Lipinski definition) is 0. The Morgan fingerprint density at radius 2 is 1.84 bits per heavy atom. The van der Waals surface area contributed by atoms with E-state index in [2.05, 4.69) is 0 Å². The molecule has 1 fully saturated rings. The highest BCUT2D eigenvalue weighted by molar-refractivity contribution is 6.31. The SMILES string of the molecule is Cc1ccc(Cl)cc1N1CCN(C(=O)c2ccc(F)cc2)[C@H](C)C1=O. The predicted octanol–water partition coefficient (Wildman–Crippen LogP) is 3.67. The van der Waals surface area contributed by atoms with E-state index in [1.165, 1.54) is 29.2 Å². The Bertz CT molecular complexity index is 823. The number of hydrogen-bond acceptors (Lipinski definition) is 2. The molecular weight excluding hydrogens is 343 g/mol. The molecule has 0 bridgehead atoms. The summed E-state index contributed by atoms with van der Waals surface area (Å²) in [5.41, 5.74) is 2.08. The van der Waals surface area contributed by atoms with Gasteiger partial charge in [-0.15, -0.1) is 0 Å². The average molecular weight is 361 g/mol. The molecule has 0 spiro atoms. The topological polar surface area (TPSA) is 40.6 Å². The largest absolute Gasteiger partial charge is 0.325 e. The summed E-state index contributed by atoms with van der Waals surface area (Å²) >= 11 is 6.06. The number of aryl methyl sites for hydroxylation is 1. The zero-order valence-corrected chi connectivity index (χ0v) is 14.8. The Kier molecular flexibility index (Phi) is 4.77. The van der Waals surface area contributed by atoms with Gasteiger partial charge in [-0.3, -0.25) is 9.59 Å². The van der Waals surface area contributed by atoms with Crippen molar-refractivity contribution in [3.8, 4) is 0 Å². The molecule has 1 aliphatic heterocycles. The number of benzene rings is 2. The highest BCUT2D eigenvalue weighted by Gasteiger charge is 2.35. The fourth-order valence-corrected chi connectivity index (χ4v) is 3.18. The van der Waals surface area contributed by atoms with Crippen LogP contribution in [0.15, 0.2) is 42.5 Å². The third-order valence-electron chi connectivity index (χ3n) is 4.47. The van der Waals surface area contributed by atoms with Crippen LogP contribution in [-0.4, -0.2) is 35.8 Å². The summed E-state index contributed by atoms with van der Waals surface area (Å²) in [5, 5.41) is 0.561. The van der Waals surface area contributed by atoms with Gasteiger partial charge in [-0.25, -0.2) is 4.39 Å². The van der Waals surface area contributed by atoms with Crippen LogP contribution in [0.3, 0.4) is 0 Å². The fraction of sp³-hybridized carbons (Fsp3) is 0.263. The van der Waals surface area contributed by atoms with Gasteiger partial charge < -0.3 is 9.80 Å². The molecule has 1 aliphatic rings. The highest BCUT2D eigenvalue weighted by Crippen LogP contribution is 2.27. The molecular formula is C19H18ClFN2O2. The minimum atomic E-state index is -0.607. The molecule has 1 heterocycles. The second-order valence-corrected chi connectivity index (χ2v) is 6.54. The lowest BCUT2D eigenvalue weighted by atomic mass is 10.1. The van der Waals surface area contributed by atoms with E-state index in [0.717, 1.165) is 11.3 Å². The van der Waals surface area contributed by atoms with Crippen molar-refractivity contribution in [2.75, 3.05) is 18.0 Å². The summed E-state index contributed by atoms with van der Waals surface area (Å²) in [4.78, 5) is 28.6. The normalized spacial score (nSPS) is 17.8. The lowest BCUT2D eigenvalue weighted by molar-refractivity contribution is -0.124. The maximum Gasteiger partial charge on any atom is 0.254 e. The Hall–Kier alpha value is -2.40. The van der Waals surface area contributed by atoms with E-state index in [1.54, 1.807) is 24.0 Å². The van der Waals surface area contributed by atoms with E-state index in [-0.39, 0.29) is 11.8 Å². The first kappa shape index (κ1) is 17.4. The van der Waals surface area contributed by atoms with Crippen molar-refractivity contribution in [3.63, 3.8) is 0 Å². The van der Waals surface area contributed by atoms with Crippen molar-refractivity contribution >= 4 is 29.1 Å². The molecule has 1 atom stereocenters. The molecule has 0 N–H and O–H groups in total.